The van der Waals surface area contributed by atoms with Crippen LogP contribution in [0.1, 0.15) is 43.7 Å². The van der Waals surface area contributed by atoms with Gasteiger partial charge in [-0.05, 0) is 41.7 Å². The number of nitro benzene ring substituents is 1. The Morgan fingerprint density at radius 3 is 2.39 bits per heavy atom. The molecule has 1 heterocycles. The third-order valence-corrected chi connectivity index (χ3v) is 7.55. The highest BCUT2D eigenvalue weighted by Crippen LogP contribution is 2.51. The predicted molar refractivity (Wildman–Crippen MR) is 151 cm³/mol. The lowest BCUT2D eigenvalue weighted by atomic mass is 9.67. The van der Waals surface area contributed by atoms with Crippen LogP contribution in [-0.4, -0.2) is 21.6 Å². The number of amidine groups is 1. The number of benzene rings is 3. The van der Waals surface area contributed by atoms with E-state index in [4.69, 9.17) is 0 Å². The monoisotopic (exact) mass is 571 g/mol. The van der Waals surface area contributed by atoms with Gasteiger partial charge in [0.1, 0.15) is 11.6 Å². The minimum atomic E-state index is -0.840. The smallest absolute Gasteiger partial charge is 0.269 e. The second-order valence-corrected chi connectivity index (χ2v) is 11.3. The highest BCUT2D eigenvalue weighted by molar-refractivity contribution is 9.10. The Hall–Kier alpha value is -4.04. The second kappa shape index (κ2) is 9.68. The number of aliphatic hydroxyl groups excluding tert-OH is 1. The zero-order valence-corrected chi connectivity index (χ0v) is 22.5. The third kappa shape index (κ3) is 4.56. The molecule has 0 saturated carbocycles. The van der Waals surface area contributed by atoms with Gasteiger partial charge in [0.05, 0.1) is 4.92 Å². The number of nitro groups is 1. The standard InChI is InChI=1S/C30H26BrN3O4/c1-30(2)16-23-26(24(35)17-30)25(19-9-6-10-22(15-19)34(37)38)27(28(36)18-7-4-3-5-8-18)29(32)33(23)21-13-11-20(31)12-14-21/h3-15,25,32,36H,16-17H2,1-2H3/b28-27+,32-29?. The minimum Gasteiger partial charge on any atom is -0.507 e. The van der Waals surface area contributed by atoms with Gasteiger partial charge in [0, 0.05) is 57.0 Å². The zero-order valence-electron chi connectivity index (χ0n) is 20.9. The van der Waals surface area contributed by atoms with Crippen molar-refractivity contribution in [2.45, 2.75) is 32.6 Å². The molecule has 192 valence electrons. The van der Waals surface area contributed by atoms with E-state index < -0.39 is 10.8 Å². The lowest BCUT2D eigenvalue weighted by Crippen LogP contribution is -2.45. The number of halogens is 1. The second-order valence-electron chi connectivity index (χ2n) is 10.4. The number of rotatable bonds is 4. The van der Waals surface area contributed by atoms with Gasteiger partial charge >= 0.3 is 0 Å². The molecule has 1 aliphatic carbocycles. The first kappa shape index (κ1) is 25.6. The first-order valence-electron chi connectivity index (χ1n) is 12.2. The average molecular weight is 572 g/mol. The van der Waals surface area contributed by atoms with Crippen molar-refractivity contribution in [3.8, 4) is 0 Å². The van der Waals surface area contributed by atoms with Crippen molar-refractivity contribution in [1.82, 2.24) is 0 Å². The maximum Gasteiger partial charge on any atom is 0.269 e. The highest BCUT2D eigenvalue weighted by atomic mass is 79.9. The Labute approximate surface area is 228 Å². The van der Waals surface area contributed by atoms with Gasteiger partial charge in [-0.1, -0.05) is 72.2 Å². The van der Waals surface area contributed by atoms with Crippen LogP contribution in [0.3, 0.4) is 0 Å². The summed E-state index contributed by atoms with van der Waals surface area (Å²) in [6.07, 6.45) is 0.815. The summed E-state index contributed by atoms with van der Waals surface area (Å²) in [5, 5.41) is 32.7. The summed E-state index contributed by atoms with van der Waals surface area (Å²) in [4.78, 5) is 26.8. The van der Waals surface area contributed by atoms with Gasteiger partial charge in [-0.3, -0.25) is 25.2 Å². The van der Waals surface area contributed by atoms with Crippen LogP contribution in [0, 0.1) is 20.9 Å². The van der Waals surface area contributed by atoms with Crippen LogP contribution in [0.5, 0.6) is 0 Å². The van der Waals surface area contributed by atoms with Crippen LogP contribution in [0.2, 0.25) is 0 Å². The van der Waals surface area contributed by atoms with E-state index in [2.05, 4.69) is 15.9 Å². The molecule has 7 nitrogen and oxygen atoms in total. The number of nitrogens with one attached hydrogen (secondary N) is 1. The molecule has 0 bridgehead atoms. The lowest BCUT2D eigenvalue weighted by molar-refractivity contribution is -0.384. The van der Waals surface area contributed by atoms with E-state index in [1.807, 2.05) is 44.2 Å². The Balaban J connectivity index is 1.86. The molecule has 1 atom stereocenters. The fraction of sp³-hybridized carbons (Fsp3) is 0.200. The van der Waals surface area contributed by atoms with Crippen LogP contribution >= 0.6 is 15.9 Å². The van der Waals surface area contributed by atoms with Crippen LogP contribution in [0.15, 0.2) is 100 Å². The van der Waals surface area contributed by atoms with E-state index >= 15 is 0 Å². The number of ketones is 1. The van der Waals surface area contributed by atoms with Crippen molar-refractivity contribution in [2.75, 3.05) is 4.90 Å². The molecule has 0 saturated heterocycles. The quantitative estimate of drug-likeness (QED) is 0.191. The number of non-ortho nitro benzene ring substituents is 1. The van der Waals surface area contributed by atoms with E-state index in [9.17, 15) is 25.4 Å². The van der Waals surface area contributed by atoms with E-state index in [1.54, 1.807) is 41.3 Å². The molecule has 0 amide bonds. The Morgan fingerprint density at radius 2 is 1.74 bits per heavy atom. The number of hydrogen-bond donors (Lipinski definition) is 2. The highest BCUT2D eigenvalue weighted by Gasteiger charge is 2.47. The number of carbonyl (C=O) groups is 1. The minimum absolute atomic E-state index is 0.0226. The number of anilines is 1. The summed E-state index contributed by atoms with van der Waals surface area (Å²) in [5.41, 5.74) is 2.57. The summed E-state index contributed by atoms with van der Waals surface area (Å²) >= 11 is 3.46. The summed E-state index contributed by atoms with van der Waals surface area (Å²) in [6, 6.07) is 22.4. The lowest BCUT2D eigenvalue weighted by Gasteiger charge is -2.45. The van der Waals surface area contributed by atoms with Gasteiger partial charge in [0.2, 0.25) is 0 Å². The molecule has 2 N–H and O–H groups in total. The molecular formula is C30H26BrN3O4. The van der Waals surface area contributed by atoms with E-state index in [-0.39, 0.29) is 40.5 Å². The maximum atomic E-state index is 13.9. The largest absolute Gasteiger partial charge is 0.507 e. The number of nitrogens with zero attached hydrogens (tertiary/aromatic N) is 2. The zero-order chi connectivity index (χ0) is 27.2. The molecule has 38 heavy (non-hydrogen) atoms. The molecule has 2 aliphatic rings. The van der Waals surface area contributed by atoms with Gasteiger partial charge in [0.15, 0.2) is 5.78 Å². The van der Waals surface area contributed by atoms with Crippen molar-refractivity contribution >= 4 is 44.7 Å². The van der Waals surface area contributed by atoms with E-state index in [1.165, 1.54) is 12.1 Å². The molecule has 0 spiro atoms. The summed E-state index contributed by atoms with van der Waals surface area (Å²) in [6.45, 7) is 4.04. The molecule has 1 aliphatic heterocycles. The molecule has 3 aromatic carbocycles. The molecule has 5 rings (SSSR count). The predicted octanol–water partition coefficient (Wildman–Crippen LogP) is 7.55. The Morgan fingerprint density at radius 1 is 1.05 bits per heavy atom. The van der Waals surface area contributed by atoms with E-state index in [0.29, 0.717) is 34.5 Å². The van der Waals surface area contributed by atoms with Crippen LogP contribution < -0.4 is 4.90 Å². The SMILES string of the molecule is CC1(C)CC(=O)C2=C(C1)N(c1ccc(Br)cc1)C(=N)/C(=C(/O)c1ccccc1)C2c1cccc([N+](=O)[O-])c1. The van der Waals surface area contributed by atoms with Crippen LogP contribution in [-0.2, 0) is 4.79 Å². The summed E-state index contributed by atoms with van der Waals surface area (Å²) in [7, 11) is 0. The van der Waals surface area contributed by atoms with Crippen molar-refractivity contribution < 1.29 is 14.8 Å². The van der Waals surface area contributed by atoms with Crippen LogP contribution in [0.25, 0.3) is 5.76 Å². The van der Waals surface area contributed by atoms with Crippen molar-refractivity contribution in [1.29, 1.82) is 5.41 Å². The summed E-state index contributed by atoms with van der Waals surface area (Å²) < 4.78 is 0.872. The van der Waals surface area contributed by atoms with E-state index in [0.717, 1.165) is 4.47 Å². The summed E-state index contributed by atoms with van der Waals surface area (Å²) in [5.74, 6) is -1.05. The Bertz CT molecular complexity index is 1520. The Kier molecular flexibility index (Phi) is 6.53. The van der Waals surface area contributed by atoms with Gasteiger partial charge in [-0.15, -0.1) is 0 Å². The van der Waals surface area contributed by atoms with Gasteiger partial charge < -0.3 is 5.11 Å². The number of carbonyl (C=O) groups excluding carboxylic acids is 1. The molecular weight excluding hydrogens is 546 g/mol. The number of Topliss-reactive ketones (excluding diaryl/α,β-unsaturated/α-hetero) is 1. The molecule has 8 heteroatoms. The van der Waals surface area contributed by atoms with Crippen molar-refractivity contribution in [3.63, 3.8) is 0 Å². The third-order valence-electron chi connectivity index (χ3n) is 7.02. The van der Waals surface area contributed by atoms with Gasteiger partial charge in [-0.25, -0.2) is 0 Å². The van der Waals surface area contributed by atoms with Crippen molar-refractivity contribution in [2.24, 2.45) is 5.41 Å². The first-order chi connectivity index (χ1) is 18.1. The normalized spacial score (nSPS) is 20.3. The molecule has 0 fully saturated rings. The maximum absolute atomic E-state index is 13.9. The topological polar surface area (TPSA) is 108 Å². The average Bonchev–Trinajstić information content (AvgIpc) is 2.88. The fourth-order valence-corrected chi connectivity index (χ4v) is 5.66. The number of hydrogen-bond acceptors (Lipinski definition) is 5. The molecule has 0 aromatic heterocycles. The number of aliphatic hydroxyl groups is 1. The van der Waals surface area contributed by atoms with Crippen LogP contribution in [0.4, 0.5) is 11.4 Å². The van der Waals surface area contributed by atoms with Crippen molar-refractivity contribution in [3.05, 3.63) is 121 Å². The van der Waals surface area contributed by atoms with Gasteiger partial charge in [-0.2, -0.15) is 0 Å². The van der Waals surface area contributed by atoms with Gasteiger partial charge in [0.25, 0.3) is 5.69 Å². The number of allylic oxidation sites excluding steroid dienone is 2. The first-order valence-corrected chi connectivity index (χ1v) is 13.0. The molecule has 1 unspecified atom stereocenters. The molecule has 3 aromatic rings. The fourth-order valence-electron chi connectivity index (χ4n) is 5.39. The molecule has 0 radical (unpaired) electrons.